The largest absolute Gasteiger partial charge is 0.497 e. The van der Waals surface area contributed by atoms with Crippen LogP contribution in [0, 0.1) is 5.82 Å². The number of carbonyl (C=O) groups is 1. The van der Waals surface area contributed by atoms with Crippen molar-refractivity contribution >= 4 is 27.3 Å². The normalized spacial score (nSPS) is 10.9. The Balaban J connectivity index is 1.75. The van der Waals surface area contributed by atoms with E-state index in [2.05, 4.69) is 10.0 Å². The van der Waals surface area contributed by atoms with Crippen molar-refractivity contribution in [3.05, 3.63) is 84.2 Å². The number of methoxy groups -OCH3 is 1. The standard InChI is InChI=1S/C20H17FN2O4S/c1-27-18-9-7-16(8-10-18)22-20(24)14-3-2-4-17(13-14)23-28(25,26)19-11-5-15(21)6-12-19/h2-13,23H,1H3,(H,22,24). The Kier molecular flexibility index (Phi) is 5.60. The molecule has 0 unspecified atom stereocenters. The molecular formula is C20H17FN2O4S. The second-order valence-electron chi connectivity index (χ2n) is 5.82. The molecule has 0 aliphatic rings. The fourth-order valence-electron chi connectivity index (χ4n) is 2.43. The first kappa shape index (κ1) is 19.4. The van der Waals surface area contributed by atoms with Crippen LogP contribution in [0.1, 0.15) is 10.4 Å². The van der Waals surface area contributed by atoms with Gasteiger partial charge in [0.15, 0.2) is 0 Å². The van der Waals surface area contributed by atoms with Gasteiger partial charge in [0.2, 0.25) is 0 Å². The number of hydrogen-bond acceptors (Lipinski definition) is 4. The average Bonchev–Trinajstić information content (AvgIpc) is 2.69. The first-order valence-electron chi connectivity index (χ1n) is 8.21. The van der Waals surface area contributed by atoms with Gasteiger partial charge in [0.25, 0.3) is 15.9 Å². The number of sulfonamides is 1. The van der Waals surface area contributed by atoms with E-state index >= 15 is 0 Å². The molecule has 144 valence electrons. The lowest BCUT2D eigenvalue weighted by atomic mass is 10.2. The Morgan fingerprint density at radius 1 is 0.929 bits per heavy atom. The Labute approximate surface area is 162 Å². The highest BCUT2D eigenvalue weighted by Gasteiger charge is 2.15. The molecule has 3 rings (SSSR count). The third-order valence-electron chi connectivity index (χ3n) is 3.85. The van der Waals surface area contributed by atoms with Crippen molar-refractivity contribution in [2.75, 3.05) is 17.1 Å². The van der Waals surface area contributed by atoms with Crippen LogP contribution in [0.3, 0.4) is 0 Å². The molecule has 0 aromatic heterocycles. The van der Waals surface area contributed by atoms with Gasteiger partial charge in [-0.05, 0) is 66.7 Å². The van der Waals surface area contributed by atoms with Gasteiger partial charge in [-0.1, -0.05) is 6.07 Å². The number of benzene rings is 3. The van der Waals surface area contributed by atoms with E-state index < -0.39 is 21.7 Å². The minimum Gasteiger partial charge on any atom is -0.497 e. The maximum absolute atomic E-state index is 13.0. The van der Waals surface area contributed by atoms with Gasteiger partial charge in [0.05, 0.1) is 12.0 Å². The van der Waals surface area contributed by atoms with Crippen molar-refractivity contribution in [2.45, 2.75) is 4.90 Å². The number of halogens is 1. The molecule has 3 aromatic carbocycles. The molecule has 0 bridgehead atoms. The van der Waals surface area contributed by atoms with Crippen molar-refractivity contribution in [2.24, 2.45) is 0 Å². The molecule has 0 heterocycles. The molecule has 3 aromatic rings. The Bertz CT molecular complexity index is 1080. The fourth-order valence-corrected chi connectivity index (χ4v) is 3.48. The summed E-state index contributed by atoms with van der Waals surface area (Å²) >= 11 is 0. The van der Waals surface area contributed by atoms with E-state index in [1.54, 1.807) is 43.5 Å². The second-order valence-corrected chi connectivity index (χ2v) is 7.51. The van der Waals surface area contributed by atoms with Gasteiger partial charge in [-0.2, -0.15) is 0 Å². The van der Waals surface area contributed by atoms with E-state index in [1.807, 2.05) is 0 Å². The third kappa shape index (κ3) is 4.66. The van der Waals surface area contributed by atoms with Crippen molar-refractivity contribution in [1.82, 2.24) is 0 Å². The van der Waals surface area contributed by atoms with E-state index in [9.17, 15) is 17.6 Å². The number of carbonyl (C=O) groups excluding carboxylic acids is 1. The van der Waals surface area contributed by atoms with Gasteiger partial charge >= 0.3 is 0 Å². The molecule has 0 saturated heterocycles. The minimum absolute atomic E-state index is 0.0815. The van der Waals surface area contributed by atoms with Crippen molar-refractivity contribution < 1.29 is 22.3 Å². The third-order valence-corrected chi connectivity index (χ3v) is 5.25. The van der Waals surface area contributed by atoms with Gasteiger partial charge in [0.1, 0.15) is 11.6 Å². The first-order valence-corrected chi connectivity index (χ1v) is 9.69. The zero-order valence-electron chi connectivity index (χ0n) is 14.8. The van der Waals surface area contributed by atoms with Crippen molar-refractivity contribution in [3.8, 4) is 5.75 Å². The minimum atomic E-state index is -3.90. The number of amides is 1. The van der Waals surface area contributed by atoms with Gasteiger partial charge < -0.3 is 10.1 Å². The lowest BCUT2D eigenvalue weighted by Crippen LogP contribution is -2.15. The number of hydrogen-bond donors (Lipinski definition) is 2. The monoisotopic (exact) mass is 400 g/mol. The summed E-state index contributed by atoms with van der Waals surface area (Å²) < 4.78 is 45.2. The van der Waals surface area contributed by atoms with Gasteiger partial charge in [-0.3, -0.25) is 9.52 Å². The number of ether oxygens (including phenoxy) is 1. The van der Waals surface area contributed by atoms with Gasteiger partial charge in [0, 0.05) is 16.9 Å². The predicted molar refractivity (Wildman–Crippen MR) is 105 cm³/mol. The van der Waals surface area contributed by atoms with E-state index in [-0.39, 0.29) is 16.1 Å². The smallest absolute Gasteiger partial charge is 0.261 e. The van der Waals surface area contributed by atoms with Gasteiger partial charge in [-0.25, -0.2) is 12.8 Å². The van der Waals surface area contributed by atoms with Crippen LogP contribution < -0.4 is 14.8 Å². The lowest BCUT2D eigenvalue weighted by Gasteiger charge is -2.10. The van der Waals surface area contributed by atoms with Gasteiger partial charge in [-0.15, -0.1) is 0 Å². The van der Waals surface area contributed by atoms with Crippen LogP contribution in [0.4, 0.5) is 15.8 Å². The first-order chi connectivity index (χ1) is 13.4. The molecule has 0 atom stereocenters. The zero-order valence-corrected chi connectivity index (χ0v) is 15.7. The SMILES string of the molecule is COc1ccc(NC(=O)c2cccc(NS(=O)(=O)c3ccc(F)cc3)c2)cc1. The van der Waals surface area contributed by atoms with E-state index in [1.165, 1.54) is 12.1 Å². The van der Waals surface area contributed by atoms with E-state index in [0.29, 0.717) is 11.4 Å². The molecule has 8 heteroatoms. The van der Waals surface area contributed by atoms with Crippen LogP contribution in [0.25, 0.3) is 0 Å². The molecule has 0 aliphatic heterocycles. The van der Waals surface area contributed by atoms with Crippen LogP contribution in [0.5, 0.6) is 5.75 Å². The average molecular weight is 400 g/mol. The topological polar surface area (TPSA) is 84.5 Å². The molecular weight excluding hydrogens is 383 g/mol. The summed E-state index contributed by atoms with van der Waals surface area (Å²) in [5.74, 6) is -0.264. The summed E-state index contributed by atoms with van der Waals surface area (Å²) in [6.45, 7) is 0. The van der Waals surface area contributed by atoms with Crippen LogP contribution in [0.15, 0.2) is 77.7 Å². The summed E-state index contributed by atoms with van der Waals surface area (Å²) in [5, 5.41) is 2.72. The molecule has 0 spiro atoms. The number of rotatable bonds is 6. The zero-order chi connectivity index (χ0) is 20.1. The highest BCUT2D eigenvalue weighted by Crippen LogP contribution is 2.19. The fraction of sp³-hybridized carbons (Fsp3) is 0.0500. The van der Waals surface area contributed by atoms with Crippen LogP contribution >= 0.6 is 0 Å². The maximum Gasteiger partial charge on any atom is 0.261 e. The summed E-state index contributed by atoms with van der Waals surface area (Å²) in [6, 6.07) is 17.3. The van der Waals surface area contributed by atoms with Crippen molar-refractivity contribution in [3.63, 3.8) is 0 Å². The van der Waals surface area contributed by atoms with E-state index in [4.69, 9.17) is 4.74 Å². The molecule has 0 radical (unpaired) electrons. The Hall–Kier alpha value is -3.39. The maximum atomic E-state index is 13.0. The molecule has 2 N–H and O–H groups in total. The molecule has 1 amide bonds. The summed E-state index contributed by atoms with van der Waals surface area (Å²) in [5.41, 5.74) is 1.06. The Morgan fingerprint density at radius 2 is 1.61 bits per heavy atom. The number of nitrogens with one attached hydrogen (secondary N) is 2. The summed E-state index contributed by atoms with van der Waals surface area (Å²) in [6.07, 6.45) is 0. The predicted octanol–water partition coefficient (Wildman–Crippen LogP) is 3.89. The van der Waals surface area contributed by atoms with Crippen LogP contribution in [0.2, 0.25) is 0 Å². The summed E-state index contributed by atoms with van der Waals surface area (Å²) in [4.78, 5) is 12.4. The summed E-state index contributed by atoms with van der Waals surface area (Å²) in [7, 11) is -2.35. The highest BCUT2D eigenvalue weighted by atomic mass is 32.2. The molecule has 6 nitrogen and oxygen atoms in total. The molecule has 28 heavy (non-hydrogen) atoms. The number of anilines is 2. The Morgan fingerprint density at radius 3 is 2.25 bits per heavy atom. The lowest BCUT2D eigenvalue weighted by molar-refractivity contribution is 0.102. The van der Waals surface area contributed by atoms with E-state index in [0.717, 1.165) is 24.3 Å². The molecule has 0 aliphatic carbocycles. The van der Waals surface area contributed by atoms with Crippen LogP contribution in [-0.4, -0.2) is 21.4 Å². The van der Waals surface area contributed by atoms with Crippen molar-refractivity contribution in [1.29, 1.82) is 0 Å². The highest BCUT2D eigenvalue weighted by molar-refractivity contribution is 7.92. The van der Waals surface area contributed by atoms with Crippen LogP contribution in [-0.2, 0) is 10.0 Å². The molecule has 0 fully saturated rings. The molecule has 0 saturated carbocycles. The second kappa shape index (κ2) is 8.10. The quantitative estimate of drug-likeness (QED) is 0.658.